The van der Waals surface area contributed by atoms with E-state index in [1.54, 1.807) is 18.2 Å². The normalized spacial score (nSPS) is 12.2. The maximum Gasteiger partial charge on any atom is 0.573 e. The van der Waals surface area contributed by atoms with Gasteiger partial charge in [-0.25, -0.2) is 4.98 Å². The van der Waals surface area contributed by atoms with E-state index in [-0.39, 0.29) is 12.1 Å². The molecule has 0 bridgehead atoms. The van der Waals surface area contributed by atoms with E-state index >= 15 is 0 Å². The number of hydrogen-bond acceptors (Lipinski definition) is 4. The van der Waals surface area contributed by atoms with Crippen LogP contribution < -0.4 is 10.3 Å². The summed E-state index contributed by atoms with van der Waals surface area (Å²) in [6.45, 7) is 5.44. The second-order valence-corrected chi connectivity index (χ2v) is 7.84. The van der Waals surface area contributed by atoms with Crippen molar-refractivity contribution in [3.8, 4) is 16.9 Å². The average molecular weight is 420 g/mol. The molecule has 9 heteroatoms. The van der Waals surface area contributed by atoms with Crippen molar-refractivity contribution in [3.63, 3.8) is 0 Å². The zero-order valence-corrected chi connectivity index (χ0v) is 16.4. The van der Waals surface area contributed by atoms with Crippen molar-refractivity contribution in [2.75, 3.05) is 0 Å². The van der Waals surface area contributed by atoms with Crippen molar-refractivity contribution < 1.29 is 27.8 Å². The van der Waals surface area contributed by atoms with Gasteiger partial charge in [-0.1, -0.05) is 32.9 Å². The first-order valence-corrected chi connectivity index (χ1v) is 8.99. The highest BCUT2D eigenvalue weighted by molar-refractivity contribution is 5.88. The molecule has 0 fully saturated rings. The van der Waals surface area contributed by atoms with Gasteiger partial charge < -0.3 is 14.8 Å². The molecule has 1 aromatic heterocycles. The van der Waals surface area contributed by atoms with Crippen LogP contribution in [0.25, 0.3) is 22.2 Å². The number of alkyl halides is 3. The molecule has 0 aliphatic rings. The lowest BCUT2D eigenvalue weighted by Gasteiger charge is -2.18. The van der Waals surface area contributed by atoms with Crippen LogP contribution >= 0.6 is 0 Å². The maximum atomic E-state index is 12.5. The fourth-order valence-electron chi connectivity index (χ4n) is 3.11. The molecular weight excluding hydrogens is 401 g/mol. The van der Waals surface area contributed by atoms with Crippen LogP contribution in [0.2, 0.25) is 0 Å². The van der Waals surface area contributed by atoms with Gasteiger partial charge in [-0.3, -0.25) is 9.59 Å². The van der Waals surface area contributed by atoms with Crippen molar-refractivity contribution in [1.82, 2.24) is 9.97 Å². The van der Waals surface area contributed by atoms with Crippen LogP contribution in [0.5, 0.6) is 5.75 Å². The molecule has 2 N–H and O–H groups in total. The van der Waals surface area contributed by atoms with Crippen molar-refractivity contribution in [2.24, 2.45) is 0 Å². The third-order valence-electron chi connectivity index (χ3n) is 4.33. The number of halogens is 3. The highest BCUT2D eigenvalue weighted by Crippen LogP contribution is 2.31. The number of nitrogens with zero attached hydrogens (tertiary/aromatic N) is 1. The first kappa shape index (κ1) is 21.4. The number of ether oxygens (including phenoxy) is 1. The quantitative estimate of drug-likeness (QED) is 0.652. The molecule has 0 atom stereocenters. The average Bonchev–Trinajstić information content (AvgIpc) is 2.58. The number of aromatic amines is 1. The number of nitrogens with one attached hydrogen (secondary N) is 1. The summed E-state index contributed by atoms with van der Waals surface area (Å²) in [7, 11) is 0. The minimum absolute atomic E-state index is 0.259. The largest absolute Gasteiger partial charge is 0.573 e. The second-order valence-electron chi connectivity index (χ2n) is 7.84. The Kier molecular flexibility index (Phi) is 5.32. The third kappa shape index (κ3) is 4.79. The van der Waals surface area contributed by atoms with Crippen LogP contribution in [0.1, 0.15) is 32.0 Å². The SMILES string of the molecule is CC(C)(C)c1nc2c(CC(=O)O)cc(-c3cccc(OC(F)(F)F)c3)cc2[nH]c1=O. The molecule has 30 heavy (non-hydrogen) atoms. The Bertz CT molecular complexity index is 1180. The van der Waals surface area contributed by atoms with E-state index in [0.29, 0.717) is 27.7 Å². The van der Waals surface area contributed by atoms with Gasteiger partial charge in [-0.2, -0.15) is 0 Å². The van der Waals surface area contributed by atoms with Gasteiger partial charge >= 0.3 is 12.3 Å². The number of fused-ring (bicyclic) bond motifs is 1. The second kappa shape index (κ2) is 7.47. The van der Waals surface area contributed by atoms with Gasteiger partial charge in [-0.05, 0) is 41.0 Å². The predicted octanol–water partition coefficient (Wildman–Crippen LogP) is 4.41. The lowest BCUT2D eigenvalue weighted by Crippen LogP contribution is -2.27. The van der Waals surface area contributed by atoms with E-state index in [4.69, 9.17) is 0 Å². The van der Waals surface area contributed by atoms with Crippen LogP contribution in [0.4, 0.5) is 13.2 Å². The summed E-state index contributed by atoms with van der Waals surface area (Å²) in [5.41, 5.74) is 1.02. The Labute approximate surface area is 169 Å². The van der Waals surface area contributed by atoms with Gasteiger partial charge in [0.15, 0.2) is 0 Å². The molecule has 0 radical (unpaired) electrons. The molecule has 3 rings (SSSR count). The predicted molar refractivity (Wildman–Crippen MR) is 105 cm³/mol. The molecule has 0 unspecified atom stereocenters. The number of aliphatic carboxylic acids is 1. The molecule has 3 aromatic rings. The zero-order valence-electron chi connectivity index (χ0n) is 16.4. The molecule has 0 saturated heterocycles. The molecule has 6 nitrogen and oxygen atoms in total. The summed E-state index contributed by atoms with van der Waals surface area (Å²) in [4.78, 5) is 31.0. The molecule has 0 amide bonds. The third-order valence-corrected chi connectivity index (χ3v) is 4.33. The van der Waals surface area contributed by atoms with E-state index in [9.17, 15) is 27.9 Å². The number of benzene rings is 2. The summed E-state index contributed by atoms with van der Waals surface area (Å²) >= 11 is 0. The molecule has 0 spiro atoms. The molecule has 0 aliphatic heterocycles. The number of aromatic nitrogens is 2. The van der Waals surface area contributed by atoms with E-state index in [2.05, 4.69) is 14.7 Å². The van der Waals surface area contributed by atoms with Crippen LogP contribution in [0, 0.1) is 0 Å². The van der Waals surface area contributed by atoms with Gasteiger partial charge in [0, 0.05) is 5.41 Å². The van der Waals surface area contributed by atoms with Gasteiger partial charge in [0.1, 0.15) is 11.4 Å². The van der Waals surface area contributed by atoms with Gasteiger partial charge in [0.05, 0.1) is 17.5 Å². The highest BCUT2D eigenvalue weighted by atomic mass is 19.4. The minimum atomic E-state index is -4.84. The van der Waals surface area contributed by atoms with Gasteiger partial charge in [0.25, 0.3) is 5.56 Å². The van der Waals surface area contributed by atoms with E-state index in [1.807, 2.05) is 20.8 Å². The maximum absolute atomic E-state index is 12.5. The van der Waals surface area contributed by atoms with Crippen LogP contribution in [0.3, 0.4) is 0 Å². The Morgan fingerprint density at radius 2 is 1.83 bits per heavy atom. The summed E-state index contributed by atoms with van der Waals surface area (Å²) in [6.07, 6.45) is -5.21. The van der Waals surface area contributed by atoms with E-state index in [0.717, 1.165) is 6.07 Å². The number of rotatable bonds is 4. The fraction of sp³-hybridized carbons (Fsp3) is 0.286. The number of H-pyrrole nitrogens is 1. The molecular formula is C21H19F3N2O4. The lowest BCUT2D eigenvalue weighted by molar-refractivity contribution is -0.274. The molecule has 158 valence electrons. The molecule has 2 aromatic carbocycles. The fourth-order valence-corrected chi connectivity index (χ4v) is 3.11. The molecule has 0 saturated carbocycles. The Balaban J connectivity index is 2.21. The number of hydrogen-bond donors (Lipinski definition) is 2. The topological polar surface area (TPSA) is 92.3 Å². The first-order chi connectivity index (χ1) is 13.8. The number of carbonyl (C=O) groups is 1. The summed E-state index contributed by atoms with van der Waals surface area (Å²) in [5, 5.41) is 9.30. The number of carboxylic acid groups (broad SMARTS) is 1. The van der Waals surface area contributed by atoms with Crippen molar-refractivity contribution >= 4 is 17.0 Å². The summed E-state index contributed by atoms with van der Waals surface area (Å²) in [6, 6.07) is 8.39. The zero-order chi connectivity index (χ0) is 22.3. The smallest absolute Gasteiger partial charge is 0.481 e. The van der Waals surface area contributed by atoms with E-state index in [1.165, 1.54) is 12.1 Å². The summed E-state index contributed by atoms with van der Waals surface area (Å²) < 4.78 is 41.6. The Hall–Kier alpha value is -3.36. The monoisotopic (exact) mass is 420 g/mol. The van der Waals surface area contributed by atoms with Gasteiger partial charge in [-0.15, -0.1) is 13.2 Å². The standard InChI is InChI=1S/C21H19F3N2O4/c1-20(2,3)18-19(29)25-15-9-12(7-13(10-16(27)28)17(15)26-18)11-5-4-6-14(8-11)30-21(22,23)24/h4-9H,10H2,1-3H3,(H,25,29)(H,27,28). The lowest BCUT2D eigenvalue weighted by atomic mass is 9.92. The van der Waals surface area contributed by atoms with Crippen molar-refractivity contribution in [2.45, 2.75) is 39.0 Å². The van der Waals surface area contributed by atoms with Crippen molar-refractivity contribution in [3.05, 3.63) is 58.0 Å². The first-order valence-electron chi connectivity index (χ1n) is 8.99. The van der Waals surface area contributed by atoms with Gasteiger partial charge in [0.2, 0.25) is 0 Å². The van der Waals surface area contributed by atoms with E-state index < -0.39 is 29.1 Å². The minimum Gasteiger partial charge on any atom is -0.481 e. The Morgan fingerprint density at radius 1 is 1.13 bits per heavy atom. The van der Waals surface area contributed by atoms with Crippen LogP contribution in [-0.2, 0) is 16.6 Å². The van der Waals surface area contributed by atoms with Crippen LogP contribution in [0.15, 0.2) is 41.2 Å². The van der Waals surface area contributed by atoms with Crippen molar-refractivity contribution in [1.29, 1.82) is 0 Å². The summed E-state index contributed by atoms with van der Waals surface area (Å²) in [5.74, 6) is -1.51. The number of carboxylic acids is 1. The molecule has 0 aliphatic carbocycles. The Morgan fingerprint density at radius 3 is 2.43 bits per heavy atom. The van der Waals surface area contributed by atoms with Crippen LogP contribution in [-0.4, -0.2) is 27.4 Å². The molecule has 1 heterocycles. The highest BCUT2D eigenvalue weighted by Gasteiger charge is 2.31.